The lowest BCUT2D eigenvalue weighted by Gasteiger charge is -2.27. The summed E-state index contributed by atoms with van der Waals surface area (Å²) >= 11 is 0. The number of pyridine rings is 1. The van der Waals surface area contributed by atoms with Crippen LogP contribution in [0.4, 0.5) is 4.79 Å². The SMILES string of the molecule is CCC1(c2ccc3c(c2)OCCO3)NC(=O)N(CCCOc2ccc(-c3c(Cc4ccccc4)cnc4c(C)cccc34)cc2)C1=O. The minimum Gasteiger partial charge on any atom is -0.494 e. The van der Waals surface area contributed by atoms with Crippen molar-refractivity contribution < 1.29 is 23.8 Å². The number of aryl methyl sites for hydroxylation is 1. The van der Waals surface area contributed by atoms with Gasteiger partial charge in [0.05, 0.1) is 12.1 Å². The van der Waals surface area contributed by atoms with Crippen LogP contribution in [-0.2, 0) is 16.8 Å². The normalized spacial score (nSPS) is 17.2. The molecule has 1 fully saturated rings. The van der Waals surface area contributed by atoms with Gasteiger partial charge in [0.25, 0.3) is 5.91 Å². The maximum absolute atomic E-state index is 13.7. The van der Waals surface area contributed by atoms with Crippen molar-refractivity contribution in [1.82, 2.24) is 15.2 Å². The summed E-state index contributed by atoms with van der Waals surface area (Å²) in [6.45, 7) is 5.52. The van der Waals surface area contributed by atoms with E-state index in [4.69, 9.17) is 19.2 Å². The van der Waals surface area contributed by atoms with Gasteiger partial charge >= 0.3 is 6.03 Å². The molecule has 0 bridgehead atoms. The number of hydrogen-bond acceptors (Lipinski definition) is 6. The van der Waals surface area contributed by atoms with Gasteiger partial charge in [-0.25, -0.2) is 4.79 Å². The van der Waals surface area contributed by atoms with Gasteiger partial charge in [0.15, 0.2) is 11.5 Å². The van der Waals surface area contributed by atoms with Crippen molar-refractivity contribution in [2.24, 2.45) is 0 Å². The van der Waals surface area contributed by atoms with Crippen LogP contribution in [0, 0.1) is 6.92 Å². The molecular weight excluding hydrogens is 590 g/mol. The van der Waals surface area contributed by atoms with E-state index in [1.54, 1.807) is 12.1 Å². The molecule has 1 aromatic heterocycles. The quantitative estimate of drug-likeness (QED) is 0.130. The molecule has 8 heteroatoms. The topological polar surface area (TPSA) is 90.0 Å². The van der Waals surface area contributed by atoms with Gasteiger partial charge in [0.1, 0.15) is 24.5 Å². The number of aromatic nitrogens is 1. The Kier molecular flexibility index (Phi) is 8.24. The first-order valence-electron chi connectivity index (χ1n) is 16.2. The molecule has 2 aliphatic heterocycles. The van der Waals surface area contributed by atoms with Crippen molar-refractivity contribution in [1.29, 1.82) is 0 Å². The summed E-state index contributed by atoms with van der Waals surface area (Å²) in [5.41, 5.74) is 6.35. The molecule has 0 saturated carbocycles. The second kappa shape index (κ2) is 12.8. The number of rotatable bonds is 10. The van der Waals surface area contributed by atoms with Gasteiger partial charge in [-0.3, -0.25) is 14.7 Å². The van der Waals surface area contributed by atoms with Crippen molar-refractivity contribution in [3.63, 3.8) is 0 Å². The standard InChI is InChI=1S/C39H37N3O5/c1-3-39(30-15-18-33-34(24-30)47-22-21-46-33)37(43)42(38(44)41-39)19-8-20-45-31-16-13-28(14-17-31)35-29(23-27-10-5-4-6-11-27)25-40-36-26(2)9-7-12-32(35)36/h4-7,9-18,24-25H,3,8,19-23H2,1-2H3,(H,41,44). The molecule has 5 aromatic rings. The molecule has 1 atom stereocenters. The number of carbonyl (C=O) groups excluding carboxylic acids is 2. The largest absolute Gasteiger partial charge is 0.494 e. The number of hydrogen-bond donors (Lipinski definition) is 1. The summed E-state index contributed by atoms with van der Waals surface area (Å²) in [6, 6.07) is 29.9. The molecule has 0 radical (unpaired) electrons. The van der Waals surface area contributed by atoms with Crippen LogP contribution in [0.2, 0.25) is 0 Å². The van der Waals surface area contributed by atoms with Crippen LogP contribution >= 0.6 is 0 Å². The maximum Gasteiger partial charge on any atom is 0.325 e. The van der Waals surface area contributed by atoms with Crippen molar-refractivity contribution in [2.45, 2.75) is 38.6 Å². The molecule has 1 saturated heterocycles. The van der Waals surface area contributed by atoms with Crippen molar-refractivity contribution in [2.75, 3.05) is 26.4 Å². The molecule has 2 aliphatic rings. The first-order valence-corrected chi connectivity index (χ1v) is 16.2. The number of ether oxygens (including phenoxy) is 3. The smallest absolute Gasteiger partial charge is 0.325 e. The van der Waals surface area contributed by atoms with Crippen LogP contribution in [0.25, 0.3) is 22.0 Å². The van der Waals surface area contributed by atoms with E-state index in [0.29, 0.717) is 49.7 Å². The Morgan fingerprint density at radius 3 is 2.49 bits per heavy atom. The Hall–Kier alpha value is -5.37. The fraction of sp³-hybridized carbons (Fsp3) is 0.256. The van der Waals surface area contributed by atoms with Crippen molar-refractivity contribution in [3.8, 4) is 28.4 Å². The van der Waals surface area contributed by atoms with E-state index in [0.717, 1.165) is 39.8 Å². The van der Waals surface area contributed by atoms with Crippen LogP contribution in [0.15, 0.2) is 97.2 Å². The highest BCUT2D eigenvalue weighted by atomic mass is 16.6. The second-order valence-electron chi connectivity index (χ2n) is 12.0. The van der Waals surface area contributed by atoms with E-state index in [1.165, 1.54) is 16.0 Å². The minimum atomic E-state index is -1.14. The highest BCUT2D eigenvalue weighted by molar-refractivity contribution is 6.07. The Bertz CT molecular complexity index is 1940. The number of carbonyl (C=O) groups is 2. The van der Waals surface area contributed by atoms with Gasteiger partial charge in [0.2, 0.25) is 0 Å². The van der Waals surface area contributed by atoms with Gasteiger partial charge in [-0.05, 0) is 83.8 Å². The van der Waals surface area contributed by atoms with E-state index >= 15 is 0 Å². The molecule has 238 valence electrons. The molecule has 1 N–H and O–H groups in total. The zero-order valence-corrected chi connectivity index (χ0v) is 26.6. The van der Waals surface area contributed by atoms with Gasteiger partial charge in [0, 0.05) is 18.1 Å². The lowest BCUT2D eigenvalue weighted by atomic mass is 9.87. The third kappa shape index (κ3) is 5.76. The van der Waals surface area contributed by atoms with E-state index in [2.05, 4.69) is 66.8 Å². The van der Waals surface area contributed by atoms with Crippen molar-refractivity contribution in [3.05, 3.63) is 119 Å². The van der Waals surface area contributed by atoms with Gasteiger partial charge in [-0.2, -0.15) is 0 Å². The fourth-order valence-electron chi connectivity index (χ4n) is 6.61. The molecule has 4 aromatic carbocycles. The number of amides is 3. The Balaban J connectivity index is 1.03. The van der Waals surface area contributed by atoms with Crippen LogP contribution in [0.1, 0.15) is 42.0 Å². The van der Waals surface area contributed by atoms with Crippen LogP contribution in [0.5, 0.6) is 17.2 Å². The molecule has 7 rings (SSSR count). The number of nitrogens with zero attached hydrogens (tertiary/aromatic N) is 2. The van der Waals surface area contributed by atoms with Gasteiger partial charge in [-0.1, -0.05) is 73.7 Å². The monoisotopic (exact) mass is 627 g/mol. The molecule has 3 heterocycles. The van der Waals surface area contributed by atoms with E-state index in [9.17, 15) is 9.59 Å². The predicted molar refractivity (Wildman–Crippen MR) is 181 cm³/mol. The lowest BCUT2D eigenvalue weighted by Crippen LogP contribution is -2.43. The number of para-hydroxylation sites is 1. The highest BCUT2D eigenvalue weighted by Crippen LogP contribution is 2.39. The molecular formula is C39H37N3O5. The Labute approximate surface area is 274 Å². The number of benzene rings is 4. The molecule has 0 spiro atoms. The fourth-order valence-corrected chi connectivity index (χ4v) is 6.61. The number of nitrogens with one attached hydrogen (secondary N) is 1. The molecule has 3 amide bonds. The highest BCUT2D eigenvalue weighted by Gasteiger charge is 2.51. The van der Waals surface area contributed by atoms with E-state index < -0.39 is 11.6 Å². The van der Waals surface area contributed by atoms with E-state index in [1.807, 2.05) is 37.4 Å². The first-order chi connectivity index (χ1) is 23.0. The third-order valence-corrected chi connectivity index (χ3v) is 9.09. The second-order valence-corrected chi connectivity index (χ2v) is 12.0. The van der Waals surface area contributed by atoms with Crippen LogP contribution in [0.3, 0.4) is 0 Å². The summed E-state index contributed by atoms with van der Waals surface area (Å²) in [7, 11) is 0. The number of imide groups is 1. The summed E-state index contributed by atoms with van der Waals surface area (Å²) in [4.78, 5) is 32.8. The average molecular weight is 628 g/mol. The van der Waals surface area contributed by atoms with Gasteiger partial charge in [-0.15, -0.1) is 0 Å². The molecule has 8 nitrogen and oxygen atoms in total. The van der Waals surface area contributed by atoms with Gasteiger partial charge < -0.3 is 19.5 Å². The molecule has 0 aliphatic carbocycles. The van der Waals surface area contributed by atoms with Crippen LogP contribution in [-0.4, -0.2) is 48.2 Å². The van der Waals surface area contributed by atoms with Crippen molar-refractivity contribution >= 4 is 22.8 Å². The maximum atomic E-state index is 13.7. The minimum absolute atomic E-state index is 0.250. The Morgan fingerprint density at radius 1 is 0.915 bits per heavy atom. The molecule has 47 heavy (non-hydrogen) atoms. The zero-order chi connectivity index (χ0) is 32.4. The Morgan fingerprint density at radius 2 is 1.70 bits per heavy atom. The zero-order valence-electron chi connectivity index (χ0n) is 26.6. The molecule has 1 unspecified atom stereocenters. The number of fused-ring (bicyclic) bond motifs is 2. The van der Waals surface area contributed by atoms with Crippen LogP contribution < -0.4 is 19.5 Å². The summed E-state index contributed by atoms with van der Waals surface area (Å²) < 4.78 is 17.4. The predicted octanol–water partition coefficient (Wildman–Crippen LogP) is 7.20. The summed E-state index contributed by atoms with van der Waals surface area (Å²) in [6.07, 6.45) is 3.69. The lowest BCUT2D eigenvalue weighted by molar-refractivity contribution is -0.131. The summed E-state index contributed by atoms with van der Waals surface area (Å²) in [5, 5.41) is 4.08. The number of urea groups is 1. The van der Waals surface area contributed by atoms with E-state index in [-0.39, 0.29) is 12.5 Å². The first kappa shape index (κ1) is 30.3. The average Bonchev–Trinajstić information content (AvgIpc) is 3.36. The summed E-state index contributed by atoms with van der Waals surface area (Å²) in [5.74, 6) is 1.68. The third-order valence-electron chi connectivity index (χ3n) is 9.09.